The molecule has 0 amide bonds. The SMILES string of the molecule is C/C1=C/[C@H](C)[C@@H](/C(C)=C/c2csc(C)n2)OC(=O)C[C@H](O)C(C)(C)C(=O)[C@H](C)[C@@H](O)[C@@H](C)CCC1.O. The first-order valence-corrected chi connectivity index (χ1v) is 13.5. The molecule has 0 fully saturated rings. The Balaban J connectivity index is 0.00000648. The summed E-state index contributed by atoms with van der Waals surface area (Å²) in [5, 5.41) is 24.6. The molecule has 1 aromatic heterocycles. The van der Waals surface area contributed by atoms with Crippen LogP contribution in [0.25, 0.3) is 6.08 Å². The molecule has 0 aromatic carbocycles. The fraction of sp³-hybridized carbons (Fsp3) is 0.679. The van der Waals surface area contributed by atoms with Crippen molar-refractivity contribution >= 4 is 29.2 Å². The van der Waals surface area contributed by atoms with E-state index in [-0.39, 0.29) is 29.5 Å². The first kappa shape index (κ1) is 32.2. The summed E-state index contributed by atoms with van der Waals surface area (Å²) in [5.74, 6) is -1.59. The van der Waals surface area contributed by atoms with E-state index in [4.69, 9.17) is 4.74 Å². The van der Waals surface area contributed by atoms with Gasteiger partial charge in [-0.25, -0.2) is 4.98 Å². The Morgan fingerprint density at radius 1 is 1.19 bits per heavy atom. The lowest BCUT2D eigenvalue weighted by molar-refractivity contribution is -0.155. The van der Waals surface area contributed by atoms with Crippen LogP contribution < -0.4 is 0 Å². The highest BCUT2D eigenvalue weighted by atomic mass is 32.1. The first-order chi connectivity index (χ1) is 16.2. The number of hydrogen-bond acceptors (Lipinski definition) is 7. The highest BCUT2D eigenvalue weighted by Crippen LogP contribution is 2.33. The van der Waals surface area contributed by atoms with Gasteiger partial charge in [-0.2, -0.15) is 0 Å². The predicted octanol–water partition coefficient (Wildman–Crippen LogP) is 4.69. The second-order valence-electron chi connectivity index (χ2n) is 10.9. The van der Waals surface area contributed by atoms with Gasteiger partial charge in [-0.15, -0.1) is 11.3 Å². The summed E-state index contributed by atoms with van der Waals surface area (Å²) >= 11 is 1.56. The summed E-state index contributed by atoms with van der Waals surface area (Å²) in [6, 6.07) is 0. The number of aromatic nitrogens is 1. The number of esters is 1. The molecule has 204 valence electrons. The predicted molar refractivity (Wildman–Crippen MR) is 145 cm³/mol. The lowest BCUT2D eigenvalue weighted by atomic mass is 9.73. The van der Waals surface area contributed by atoms with E-state index in [2.05, 4.69) is 18.0 Å². The van der Waals surface area contributed by atoms with Crippen molar-refractivity contribution in [3.8, 4) is 0 Å². The maximum Gasteiger partial charge on any atom is 0.309 e. The maximum absolute atomic E-state index is 13.2. The monoisotopic (exact) mass is 523 g/mol. The van der Waals surface area contributed by atoms with Gasteiger partial charge in [-0.3, -0.25) is 9.59 Å². The number of carbonyl (C=O) groups is 2. The molecule has 1 aliphatic heterocycles. The summed E-state index contributed by atoms with van der Waals surface area (Å²) in [5.41, 5.74) is 1.69. The molecule has 0 unspecified atom stereocenters. The number of aliphatic hydroxyl groups is 2. The number of ether oxygens (including phenoxy) is 1. The first-order valence-electron chi connectivity index (χ1n) is 12.6. The zero-order valence-electron chi connectivity index (χ0n) is 23.0. The molecule has 0 spiro atoms. The number of rotatable bonds is 2. The number of ketones is 1. The Morgan fingerprint density at radius 2 is 1.83 bits per heavy atom. The molecule has 2 heterocycles. The van der Waals surface area contributed by atoms with Crippen LogP contribution in [-0.4, -0.2) is 50.7 Å². The van der Waals surface area contributed by atoms with Crippen molar-refractivity contribution in [2.45, 2.75) is 99.4 Å². The second-order valence-corrected chi connectivity index (χ2v) is 12.0. The van der Waals surface area contributed by atoms with Gasteiger partial charge in [0.15, 0.2) is 0 Å². The molecule has 0 saturated heterocycles. The fourth-order valence-electron chi connectivity index (χ4n) is 4.87. The quantitative estimate of drug-likeness (QED) is 0.428. The molecule has 0 radical (unpaired) electrons. The Bertz CT molecular complexity index is 950. The van der Waals surface area contributed by atoms with E-state index in [1.807, 2.05) is 39.2 Å². The molecule has 1 aliphatic rings. The number of nitrogens with zero attached hydrogens (tertiary/aromatic N) is 1. The Morgan fingerprint density at radius 3 is 2.42 bits per heavy atom. The molecule has 1 aromatic rings. The molecule has 4 N–H and O–H groups in total. The van der Waals surface area contributed by atoms with E-state index in [0.29, 0.717) is 0 Å². The number of hydrogen-bond donors (Lipinski definition) is 2. The van der Waals surface area contributed by atoms with Crippen LogP contribution in [0.4, 0.5) is 0 Å². The van der Waals surface area contributed by atoms with E-state index in [0.717, 1.165) is 35.5 Å². The van der Waals surface area contributed by atoms with Crippen molar-refractivity contribution in [2.75, 3.05) is 0 Å². The standard InChI is InChI=1S/C28H43NO5S.H2O/c1-16-10-9-11-17(2)25(32)20(5)27(33)28(7,8)23(30)14-24(31)34-26(18(3)12-16)19(4)13-22-15-35-21(6)29-22;/h12-13,15,17-18,20,23,25-26,30,32H,9-11,14H2,1-8H3;1H2/b16-12-,19-13+;/t17-,18-,20+,23-,25-,26-;/m0./s1. The Kier molecular flexibility index (Phi) is 12.2. The van der Waals surface area contributed by atoms with Gasteiger partial charge in [0, 0.05) is 17.2 Å². The van der Waals surface area contributed by atoms with Crippen LogP contribution >= 0.6 is 11.3 Å². The largest absolute Gasteiger partial charge is 0.457 e. The number of cyclic esters (lactones) is 1. The van der Waals surface area contributed by atoms with Crippen molar-refractivity contribution in [3.05, 3.63) is 33.3 Å². The number of thiazole rings is 1. The number of carbonyl (C=O) groups excluding carboxylic acids is 2. The van der Waals surface area contributed by atoms with E-state index in [1.165, 1.54) is 5.57 Å². The van der Waals surface area contributed by atoms with E-state index in [1.54, 1.807) is 32.1 Å². The molecule has 2 rings (SSSR count). The zero-order chi connectivity index (χ0) is 26.5. The molecule has 0 saturated carbocycles. The van der Waals surface area contributed by atoms with Crippen LogP contribution in [0.3, 0.4) is 0 Å². The van der Waals surface area contributed by atoms with Gasteiger partial charge in [0.2, 0.25) is 0 Å². The Labute approximate surface area is 220 Å². The van der Waals surface area contributed by atoms with Gasteiger partial charge >= 0.3 is 5.97 Å². The maximum atomic E-state index is 13.2. The van der Waals surface area contributed by atoms with Gasteiger partial charge in [0.05, 0.1) is 34.7 Å². The third-order valence-electron chi connectivity index (χ3n) is 7.31. The van der Waals surface area contributed by atoms with E-state index in [9.17, 15) is 19.8 Å². The van der Waals surface area contributed by atoms with Gasteiger partial charge in [-0.1, -0.05) is 46.3 Å². The highest BCUT2D eigenvalue weighted by molar-refractivity contribution is 7.09. The highest BCUT2D eigenvalue weighted by Gasteiger charge is 2.42. The molecule has 8 heteroatoms. The van der Waals surface area contributed by atoms with Gasteiger partial charge in [-0.05, 0) is 57.6 Å². The van der Waals surface area contributed by atoms with E-state index < -0.39 is 35.6 Å². The van der Waals surface area contributed by atoms with Crippen molar-refractivity contribution in [2.24, 2.45) is 23.2 Å². The molecule has 7 nitrogen and oxygen atoms in total. The van der Waals surface area contributed by atoms with Crippen LogP contribution in [0.1, 0.15) is 84.9 Å². The van der Waals surface area contributed by atoms with Gasteiger partial charge in [0.1, 0.15) is 11.9 Å². The van der Waals surface area contributed by atoms with Crippen molar-refractivity contribution in [1.82, 2.24) is 4.98 Å². The number of aliphatic hydroxyl groups excluding tert-OH is 2. The lowest BCUT2D eigenvalue weighted by Crippen LogP contribution is -2.45. The normalized spacial score (nSPS) is 32.7. The lowest BCUT2D eigenvalue weighted by Gasteiger charge is -2.34. The third kappa shape index (κ3) is 8.33. The third-order valence-corrected chi connectivity index (χ3v) is 8.10. The van der Waals surface area contributed by atoms with Crippen LogP contribution in [0.5, 0.6) is 0 Å². The molecule has 0 bridgehead atoms. The number of allylic oxidation sites excluding steroid dienone is 1. The summed E-state index contributed by atoms with van der Waals surface area (Å²) < 4.78 is 5.92. The van der Waals surface area contributed by atoms with Crippen LogP contribution in [0.15, 0.2) is 22.6 Å². The minimum absolute atomic E-state index is 0. The van der Waals surface area contributed by atoms with Crippen LogP contribution in [0, 0.1) is 30.1 Å². The topological polar surface area (TPSA) is 128 Å². The molecule has 0 aliphatic carbocycles. The summed E-state index contributed by atoms with van der Waals surface area (Å²) in [6.07, 6.45) is 3.78. The zero-order valence-corrected chi connectivity index (χ0v) is 23.8. The Hall–Kier alpha value is -1.87. The average Bonchev–Trinajstić information content (AvgIpc) is 3.19. The second kappa shape index (κ2) is 13.6. The fourth-order valence-corrected chi connectivity index (χ4v) is 5.44. The summed E-state index contributed by atoms with van der Waals surface area (Å²) in [6.45, 7) is 14.9. The molecule has 6 atom stereocenters. The molecule has 36 heavy (non-hydrogen) atoms. The van der Waals surface area contributed by atoms with Crippen LogP contribution in [-0.2, 0) is 14.3 Å². The van der Waals surface area contributed by atoms with Crippen molar-refractivity contribution in [1.29, 1.82) is 0 Å². The van der Waals surface area contributed by atoms with E-state index >= 15 is 0 Å². The van der Waals surface area contributed by atoms with Gasteiger partial charge in [0.25, 0.3) is 0 Å². The smallest absolute Gasteiger partial charge is 0.309 e. The molecular formula is C28H45NO6S. The van der Waals surface area contributed by atoms with Crippen molar-refractivity contribution in [3.63, 3.8) is 0 Å². The average molecular weight is 524 g/mol. The summed E-state index contributed by atoms with van der Waals surface area (Å²) in [7, 11) is 0. The number of Topliss-reactive ketones (excluding diaryl/α,β-unsaturated/α-hetero) is 1. The van der Waals surface area contributed by atoms with Crippen LogP contribution in [0.2, 0.25) is 0 Å². The minimum Gasteiger partial charge on any atom is -0.457 e. The van der Waals surface area contributed by atoms with Crippen molar-refractivity contribution < 1.29 is 30.0 Å². The molecular weight excluding hydrogens is 478 g/mol. The van der Waals surface area contributed by atoms with Gasteiger partial charge < -0.3 is 20.4 Å². The minimum atomic E-state index is -1.22. The summed E-state index contributed by atoms with van der Waals surface area (Å²) in [4.78, 5) is 30.7. The number of aryl methyl sites for hydroxylation is 1.